The van der Waals surface area contributed by atoms with E-state index in [1.165, 1.54) is 21.4 Å². The van der Waals surface area contributed by atoms with E-state index in [0.29, 0.717) is 29.6 Å². The number of likely N-dealkylation sites (tertiary alicyclic amines) is 1. The highest BCUT2D eigenvalue weighted by Crippen LogP contribution is 2.37. The van der Waals surface area contributed by atoms with Crippen molar-refractivity contribution < 1.29 is 14.3 Å². The predicted molar refractivity (Wildman–Crippen MR) is 138 cm³/mol. The van der Waals surface area contributed by atoms with Crippen LogP contribution in [0.4, 0.5) is 0 Å². The van der Waals surface area contributed by atoms with Gasteiger partial charge >= 0.3 is 0 Å². The van der Waals surface area contributed by atoms with Gasteiger partial charge in [0.25, 0.3) is 11.8 Å². The molecule has 0 atom stereocenters. The van der Waals surface area contributed by atoms with Gasteiger partial charge in [-0.2, -0.15) is 0 Å². The number of unbranched alkanes of at least 4 members (excludes halogenated alkanes) is 1. The Balaban J connectivity index is 1.14. The number of carbonyl (C=O) groups is 2. The van der Waals surface area contributed by atoms with E-state index in [2.05, 4.69) is 47.7 Å². The summed E-state index contributed by atoms with van der Waals surface area (Å²) in [6, 6.07) is 14.0. The summed E-state index contributed by atoms with van der Waals surface area (Å²) in [6.07, 6.45) is 6.48. The highest BCUT2D eigenvalue weighted by Gasteiger charge is 2.34. The molecule has 2 amide bonds. The molecule has 1 fully saturated rings. The molecule has 0 unspecified atom stereocenters. The van der Waals surface area contributed by atoms with E-state index in [4.69, 9.17) is 4.74 Å². The zero-order valence-corrected chi connectivity index (χ0v) is 21.0. The average Bonchev–Trinajstić information content (AvgIpc) is 3.38. The third kappa shape index (κ3) is 4.47. The van der Waals surface area contributed by atoms with Gasteiger partial charge in [-0.25, -0.2) is 0 Å². The van der Waals surface area contributed by atoms with E-state index in [1.54, 1.807) is 19.2 Å². The van der Waals surface area contributed by atoms with E-state index in [1.807, 2.05) is 12.1 Å². The van der Waals surface area contributed by atoms with Crippen molar-refractivity contribution in [1.29, 1.82) is 0 Å². The van der Waals surface area contributed by atoms with Crippen molar-refractivity contribution in [2.75, 3.05) is 33.3 Å². The summed E-state index contributed by atoms with van der Waals surface area (Å²) in [4.78, 5) is 29.0. The average molecular weight is 474 g/mol. The summed E-state index contributed by atoms with van der Waals surface area (Å²) < 4.78 is 7.90. The first-order valence-electron chi connectivity index (χ1n) is 12.8. The number of hydrogen-bond acceptors (Lipinski definition) is 4. The molecule has 6 heteroatoms. The molecule has 2 aliphatic heterocycles. The molecule has 3 aromatic rings. The molecule has 0 radical (unpaired) electrons. The molecule has 0 saturated carbocycles. The monoisotopic (exact) mass is 473 g/mol. The van der Waals surface area contributed by atoms with E-state index < -0.39 is 0 Å². The van der Waals surface area contributed by atoms with Gasteiger partial charge in [0.05, 0.1) is 18.2 Å². The summed E-state index contributed by atoms with van der Waals surface area (Å²) in [5, 5.41) is 1.32. The minimum Gasteiger partial charge on any atom is -0.497 e. The lowest BCUT2D eigenvalue weighted by molar-refractivity contribution is 0.0649. The van der Waals surface area contributed by atoms with Gasteiger partial charge in [-0.3, -0.25) is 14.5 Å². The van der Waals surface area contributed by atoms with Crippen molar-refractivity contribution in [3.63, 3.8) is 0 Å². The Morgan fingerprint density at radius 3 is 2.23 bits per heavy atom. The molecule has 0 N–H and O–H groups in total. The largest absolute Gasteiger partial charge is 0.497 e. The molecule has 3 heterocycles. The van der Waals surface area contributed by atoms with Crippen LogP contribution in [0.3, 0.4) is 0 Å². The number of methoxy groups -OCH3 is 1. The third-order valence-electron chi connectivity index (χ3n) is 7.64. The highest BCUT2D eigenvalue weighted by atomic mass is 16.5. The van der Waals surface area contributed by atoms with Crippen LogP contribution in [0.25, 0.3) is 10.9 Å². The van der Waals surface area contributed by atoms with Gasteiger partial charge in [0.15, 0.2) is 0 Å². The number of benzene rings is 2. The van der Waals surface area contributed by atoms with E-state index in [9.17, 15) is 9.59 Å². The summed E-state index contributed by atoms with van der Waals surface area (Å²) in [6.45, 7) is 8.14. The van der Waals surface area contributed by atoms with Crippen molar-refractivity contribution in [2.24, 2.45) is 0 Å². The Kier molecular flexibility index (Phi) is 6.65. The molecule has 184 valence electrons. The SMILES string of the molecule is COc1ccc2c(c1)c(C1CCN(CCCCN3C(=O)c4ccccc4C3=O)CC1)cn2C(C)C. The van der Waals surface area contributed by atoms with E-state index >= 15 is 0 Å². The van der Waals surface area contributed by atoms with Crippen LogP contribution < -0.4 is 4.74 Å². The number of piperidine rings is 1. The van der Waals surface area contributed by atoms with Gasteiger partial charge in [-0.05, 0) is 101 Å². The summed E-state index contributed by atoms with van der Waals surface area (Å²) in [5.41, 5.74) is 3.80. The van der Waals surface area contributed by atoms with Gasteiger partial charge in [0, 0.05) is 29.7 Å². The second kappa shape index (κ2) is 9.86. The van der Waals surface area contributed by atoms with Crippen molar-refractivity contribution in [3.8, 4) is 5.75 Å². The Labute approximate surface area is 207 Å². The zero-order chi connectivity index (χ0) is 24.5. The first-order valence-corrected chi connectivity index (χ1v) is 12.8. The second-order valence-corrected chi connectivity index (χ2v) is 10.1. The van der Waals surface area contributed by atoms with Crippen molar-refractivity contribution >= 4 is 22.7 Å². The van der Waals surface area contributed by atoms with Gasteiger partial charge in [-0.1, -0.05) is 12.1 Å². The van der Waals surface area contributed by atoms with Crippen LogP contribution in [0.15, 0.2) is 48.7 Å². The van der Waals surface area contributed by atoms with Gasteiger partial charge in [0.1, 0.15) is 5.75 Å². The van der Waals surface area contributed by atoms with Gasteiger partial charge < -0.3 is 14.2 Å². The lowest BCUT2D eigenvalue weighted by atomic mass is 9.89. The minimum atomic E-state index is -0.149. The standard InChI is InChI=1S/C29H35N3O3/c1-20(2)32-19-26(25-18-22(35-3)10-11-27(25)32)21-12-16-30(17-13-21)14-6-7-15-31-28(33)23-8-4-5-9-24(23)29(31)34/h4-5,8-11,18-21H,6-7,12-17H2,1-3H3. The minimum absolute atomic E-state index is 0.149. The topological polar surface area (TPSA) is 54.8 Å². The number of hydrogen-bond donors (Lipinski definition) is 0. The van der Waals surface area contributed by atoms with Crippen LogP contribution in [0.5, 0.6) is 5.75 Å². The number of aromatic nitrogens is 1. The van der Waals surface area contributed by atoms with E-state index in [0.717, 1.165) is 51.1 Å². The fourth-order valence-corrected chi connectivity index (χ4v) is 5.66. The number of imide groups is 1. The molecule has 1 aromatic heterocycles. The van der Waals surface area contributed by atoms with Crippen LogP contribution >= 0.6 is 0 Å². The molecular weight excluding hydrogens is 438 g/mol. The van der Waals surface area contributed by atoms with Gasteiger partial charge in [0.2, 0.25) is 0 Å². The summed E-state index contributed by atoms with van der Waals surface area (Å²) >= 11 is 0. The maximum Gasteiger partial charge on any atom is 0.261 e. The molecule has 6 nitrogen and oxygen atoms in total. The van der Waals surface area contributed by atoms with Crippen molar-refractivity contribution in [3.05, 3.63) is 65.4 Å². The lowest BCUT2D eigenvalue weighted by Crippen LogP contribution is -2.35. The number of amides is 2. The maximum absolute atomic E-state index is 12.5. The molecule has 2 aromatic carbocycles. The Morgan fingerprint density at radius 2 is 1.60 bits per heavy atom. The van der Waals surface area contributed by atoms with Crippen molar-refractivity contribution in [1.82, 2.24) is 14.4 Å². The summed E-state index contributed by atoms with van der Waals surface area (Å²) in [7, 11) is 1.73. The third-order valence-corrected chi connectivity index (χ3v) is 7.64. The van der Waals surface area contributed by atoms with Crippen LogP contribution in [0.1, 0.15) is 77.8 Å². The van der Waals surface area contributed by atoms with E-state index in [-0.39, 0.29) is 11.8 Å². The van der Waals surface area contributed by atoms with Crippen LogP contribution in [-0.2, 0) is 0 Å². The summed E-state index contributed by atoms with van der Waals surface area (Å²) in [5.74, 6) is 1.17. The molecule has 35 heavy (non-hydrogen) atoms. The smallest absolute Gasteiger partial charge is 0.261 e. The lowest BCUT2D eigenvalue weighted by Gasteiger charge is -2.32. The fraction of sp³-hybridized carbons (Fsp3) is 0.448. The number of fused-ring (bicyclic) bond motifs is 2. The molecule has 5 rings (SSSR count). The first kappa shape index (κ1) is 23.6. The predicted octanol–water partition coefficient (Wildman–Crippen LogP) is 5.49. The quantitative estimate of drug-likeness (QED) is 0.321. The first-order chi connectivity index (χ1) is 17.0. The number of rotatable bonds is 8. The van der Waals surface area contributed by atoms with Crippen LogP contribution in [-0.4, -0.2) is 59.5 Å². The number of carbonyl (C=O) groups excluding carboxylic acids is 2. The molecule has 0 aliphatic carbocycles. The Morgan fingerprint density at radius 1 is 0.943 bits per heavy atom. The van der Waals surface area contributed by atoms with Crippen LogP contribution in [0.2, 0.25) is 0 Å². The van der Waals surface area contributed by atoms with Gasteiger partial charge in [-0.15, -0.1) is 0 Å². The van der Waals surface area contributed by atoms with Crippen LogP contribution in [0, 0.1) is 0 Å². The normalized spacial score (nSPS) is 17.1. The molecular formula is C29H35N3O3. The molecule has 0 bridgehead atoms. The second-order valence-electron chi connectivity index (χ2n) is 10.1. The molecule has 2 aliphatic rings. The maximum atomic E-state index is 12.5. The molecule has 1 saturated heterocycles. The zero-order valence-electron chi connectivity index (χ0n) is 21.0. The number of ether oxygens (including phenoxy) is 1. The van der Waals surface area contributed by atoms with Crippen molar-refractivity contribution in [2.45, 2.75) is 51.5 Å². The fourth-order valence-electron chi connectivity index (χ4n) is 5.66. The number of nitrogens with zero attached hydrogens (tertiary/aromatic N) is 3. The molecule has 0 spiro atoms. The Hall–Kier alpha value is -3.12. The Bertz CT molecular complexity index is 1200. The highest BCUT2D eigenvalue weighted by molar-refractivity contribution is 6.21.